The highest BCUT2D eigenvalue weighted by molar-refractivity contribution is 9.10. The molecule has 6 nitrogen and oxygen atoms in total. The predicted octanol–water partition coefficient (Wildman–Crippen LogP) is 4.49. The zero-order chi connectivity index (χ0) is 21.6. The lowest BCUT2D eigenvalue weighted by Crippen LogP contribution is -2.51. The maximum absolute atomic E-state index is 13.5. The van der Waals surface area contributed by atoms with E-state index >= 15 is 0 Å². The molecule has 29 heavy (non-hydrogen) atoms. The molecule has 1 aromatic carbocycles. The molecule has 3 atom stereocenters. The van der Waals surface area contributed by atoms with E-state index in [0.29, 0.717) is 24.4 Å². The van der Waals surface area contributed by atoms with Crippen LogP contribution in [-0.2, 0) is 14.8 Å². The lowest BCUT2D eigenvalue weighted by atomic mass is 9.91. The van der Waals surface area contributed by atoms with Crippen LogP contribution in [0.5, 0.6) is 0 Å². The minimum Gasteiger partial charge on any atom is -0.444 e. The fourth-order valence-electron chi connectivity index (χ4n) is 4.39. The number of piperidine rings is 1. The zero-order valence-electron chi connectivity index (χ0n) is 17.8. The molecule has 0 radical (unpaired) electrons. The van der Waals surface area contributed by atoms with Crippen molar-refractivity contribution in [2.24, 2.45) is 11.8 Å². The van der Waals surface area contributed by atoms with Crippen LogP contribution < -0.4 is 0 Å². The number of carbonyl (C=O) groups is 1. The maximum Gasteiger partial charge on any atom is 0.410 e. The number of ether oxygens (including phenoxy) is 1. The lowest BCUT2D eigenvalue weighted by molar-refractivity contribution is 0.0139. The molecule has 8 heteroatoms. The minimum absolute atomic E-state index is 0.0720. The molecule has 2 heterocycles. The van der Waals surface area contributed by atoms with E-state index in [9.17, 15) is 13.2 Å². The van der Waals surface area contributed by atoms with Gasteiger partial charge in [0.15, 0.2) is 0 Å². The van der Waals surface area contributed by atoms with E-state index in [0.717, 1.165) is 10.9 Å². The Morgan fingerprint density at radius 3 is 2.38 bits per heavy atom. The summed E-state index contributed by atoms with van der Waals surface area (Å²) in [6.07, 6.45) is 1.08. The molecule has 162 valence electrons. The van der Waals surface area contributed by atoms with Crippen molar-refractivity contribution in [1.29, 1.82) is 0 Å². The van der Waals surface area contributed by atoms with Gasteiger partial charge in [-0.15, -0.1) is 0 Å². The van der Waals surface area contributed by atoms with Crippen molar-refractivity contribution >= 4 is 32.0 Å². The summed E-state index contributed by atoms with van der Waals surface area (Å²) < 4.78 is 35.2. The summed E-state index contributed by atoms with van der Waals surface area (Å²) in [5, 5.41) is 0. The van der Waals surface area contributed by atoms with Crippen LogP contribution in [0, 0.1) is 11.8 Å². The minimum atomic E-state index is -3.61. The van der Waals surface area contributed by atoms with Crippen molar-refractivity contribution < 1.29 is 17.9 Å². The van der Waals surface area contributed by atoms with E-state index in [1.54, 1.807) is 33.5 Å². The van der Waals surface area contributed by atoms with Gasteiger partial charge < -0.3 is 9.64 Å². The van der Waals surface area contributed by atoms with E-state index in [-0.39, 0.29) is 30.0 Å². The Morgan fingerprint density at radius 1 is 1.21 bits per heavy atom. The Bertz CT molecular complexity index is 848. The Labute approximate surface area is 182 Å². The average Bonchev–Trinajstić information content (AvgIpc) is 3.00. The lowest BCUT2D eigenvalue weighted by Gasteiger charge is -2.38. The molecule has 3 rings (SSSR count). The molecule has 2 aliphatic rings. The molecule has 2 fully saturated rings. The van der Waals surface area contributed by atoms with Gasteiger partial charge in [-0.3, -0.25) is 0 Å². The Hall–Kier alpha value is -1.12. The number of fused-ring (bicyclic) bond motifs is 1. The molecule has 0 aliphatic carbocycles. The quantitative estimate of drug-likeness (QED) is 0.630. The first kappa shape index (κ1) is 22.6. The van der Waals surface area contributed by atoms with Crippen molar-refractivity contribution in [1.82, 2.24) is 9.21 Å². The van der Waals surface area contributed by atoms with Gasteiger partial charge in [0.05, 0.1) is 4.90 Å². The fraction of sp³-hybridized carbons (Fsp3) is 0.667. The number of likely N-dealkylation sites (tertiary alicyclic amines) is 1. The van der Waals surface area contributed by atoms with Crippen LogP contribution in [0.1, 0.15) is 47.5 Å². The predicted molar refractivity (Wildman–Crippen MR) is 116 cm³/mol. The molecular formula is C21H31BrN2O4S. The Balaban J connectivity index is 1.85. The zero-order valence-corrected chi connectivity index (χ0v) is 20.2. The van der Waals surface area contributed by atoms with Gasteiger partial charge in [-0.1, -0.05) is 29.8 Å². The average molecular weight is 487 g/mol. The normalized spacial score (nSPS) is 25.9. The van der Waals surface area contributed by atoms with E-state index in [1.807, 2.05) is 20.8 Å². The molecule has 2 aliphatic heterocycles. The van der Waals surface area contributed by atoms with Crippen molar-refractivity contribution in [3.8, 4) is 0 Å². The van der Waals surface area contributed by atoms with Crippen LogP contribution in [0.25, 0.3) is 0 Å². The first-order chi connectivity index (χ1) is 13.4. The van der Waals surface area contributed by atoms with E-state index in [1.165, 1.54) is 0 Å². The molecule has 0 spiro atoms. The van der Waals surface area contributed by atoms with Crippen LogP contribution in [0.3, 0.4) is 0 Å². The Kier molecular flexibility index (Phi) is 6.37. The summed E-state index contributed by atoms with van der Waals surface area (Å²) in [4.78, 5) is 14.6. The number of halogens is 1. The number of carbonyl (C=O) groups excluding carboxylic acids is 1. The first-order valence-electron chi connectivity index (χ1n) is 10.2. The van der Waals surface area contributed by atoms with Crippen LogP contribution in [0.15, 0.2) is 33.6 Å². The third kappa shape index (κ3) is 4.80. The van der Waals surface area contributed by atoms with Gasteiger partial charge in [0.1, 0.15) is 5.60 Å². The highest BCUT2D eigenvalue weighted by atomic mass is 79.9. The van der Waals surface area contributed by atoms with Crippen LogP contribution >= 0.6 is 15.9 Å². The molecule has 0 saturated carbocycles. The molecule has 0 N–H and O–H groups in total. The summed E-state index contributed by atoms with van der Waals surface area (Å²) in [5.41, 5.74) is -0.541. The van der Waals surface area contributed by atoms with E-state index in [2.05, 4.69) is 29.8 Å². The standard InChI is InChI=1S/C21H31BrN2O4S/c1-14(2)19-12-15-13-23(20(25)28-21(3,4)5)11-10-18(15)24(19)29(26,27)17-8-6-16(22)7-9-17/h6-9,14-15,18-19H,10-13H2,1-5H3/t15-,18+,19?/m1/s1. The summed E-state index contributed by atoms with van der Waals surface area (Å²) >= 11 is 3.37. The summed E-state index contributed by atoms with van der Waals surface area (Å²) in [5.74, 6) is 0.315. The largest absolute Gasteiger partial charge is 0.444 e. The molecule has 0 bridgehead atoms. The molecule has 1 amide bonds. The number of nitrogens with zero attached hydrogens (tertiary/aromatic N) is 2. The highest BCUT2D eigenvalue weighted by Gasteiger charge is 2.51. The number of sulfonamides is 1. The summed E-state index contributed by atoms with van der Waals surface area (Å²) in [6, 6.07) is 6.66. The number of amides is 1. The van der Waals surface area contributed by atoms with Gasteiger partial charge in [-0.05, 0) is 69.7 Å². The smallest absolute Gasteiger partial charge is 0.410 e. The number of hydrogen-bond acceptors (Lipinski definition) is 4. The monoisotopic (exact) mass is 486 g/mol. The second-order valence-corrected chi connectivity index (χ2v) is 12.1. The van der Waals surface area contributed by atoms with Crippen molar-refractivity contribution in [2.75, 3.05) is 13.1 Å². The third-order valence-electron chi connectivity index (χ3n) is 5.70. The third-order valence-corrected chi connectivity index (χ3v) is 8.20. The van der Waals surface area contributed by atoms with Gasteiger partial charge in [0, 0.05) is 29.6 Å². The molecule has 1 aromatic rings. The highest BCUT2D eigenvalue weighted by Crippen LogP contribution is 2.42. The van der Waals surface area contributed by atoms with Crippen LogP contribution in [0.4, 0.5) is 4.79 Å². The van der Waals surface area contributed by atoms with Crippen LogP contribution in [-0.4, -0.2) is 54.5 Å². The maximum atomic E-state index is 13.5. The first-order valence-corrected chi connectivity index (χ1v) is 12.4. The molecule has 2 saturated heterocycles. The fourth-order valence-corrected chi connectivity index (χ4v) is 6.70. The number of benzene rings is 1. The van der Waals surface area contributed by atoms with Crippen molar-refractivity contribution in [2.45, 2.75) is 70.0 Å². The molecular weight excluding hydrogens is 456 g/mol. The summed E-state index contributed by atoms with van der Waals surface area (Å²) in [6.45, 7) is 10.7. The van der Waals surface area contributed by atoms with Gasteiger partial charge in [-0.2, -0.15) is 4.31 Å². The van der Waals surface area contributed by atoms with E-state index < -0.39 is 15.6 Å². The van der Waals surface area contributed by atoms with Gasteiger partial charge in [0.2, 0.25) is 10.0 Å². The van der Waals surface area contributed by atoms with Gasteiger partial charge in [0.25, 0.3) is 0 Å². The topological polar surface area (TPSA) is 66.9 Å². The van der Waals surface area contributed by atoms with Crippen LogP contribution in [0.2, 0.25) is 0 Å². The Morgan fingerprint density at radius 2 is 1.83 bits per heavy atom. The van der Waals surface area contributed by atoms with Crippen molar-refractivity contribution in [3.63, 3.8) is 0 Å². The SMILES string of the molecule is CC(C)C1C[C@@H]2CN(C(=O)OC(C)(C)C)CC[C@@H]2N1S(=O)(=O)c1ccc(Br)cc1. The van der Waals surface area contributed by atoms with Gasteiger partial charge in [-0.25, -0.2) is 13.2 Å². The summed E-state index contributed by atoms with van der Waals surface area (Å²) in [7, 11) is -3.61. The number of hydrogen-bond donors (Lipinski definition) is 0. The van der Waals surface area contributed by atoms with E-state index in [4.69, 9.17) is 4.74 Å². The number of rotatable bonds is 3. The van der Waals surface area contributed by atoms with Gasteiger partial charge >= 0.3 is 6.09 Å². The second-order valence-electron chi connectivity index (χ2n) is 9.38. The molecule has 1 unspecified atom stereocenters. The molecule has 0 aromatic heterocycles. The second kappa shape index (κ2) is 8.19. The van der Waals surface area contributed by atoms with Crippen molar-refractivity contribution in [3.05, 3.63) is 28.7 Å².